The van der Waals surface area contributed by atoms with Gasteiger partial charge in [0.1, 0.15) is 0 Å². The van der Waals surface area contributed by atoms with Crippen molar-refractivity contribution in [1.82, 2.24) is 0 Å². The van der Waals surface area contributed by atoms with Crippen LogP contribution >= 0.6 is 0 Å². The van der Waals surface area contributed by atoms with Gasteiger partial charge in [-0.15, -0.1) is 0 Å². The molecule has 72 valence electrons. The predicted molar refractivity (Wildman–Crippen MR) is 42.1 cm³/mol. The fraction of sp³-hybridized carbons (Fsp3) is 0.500. The normalized spacial score (nSPS) is 20.2. The van der Waals surface area contributed by atoms with Gasteiger partial charge in [0.25, 0.3) is 0 Å². The zero-order valence-electron chi connectivity index (χ0n) is 6.93. The molecule has 1 saturated heterocycles. The molecule has 1 unspecified atom stereocenters. The molecule has 0 saturated carbocycles. The number of carbonyl (C=O) groups excluding carboxylic acids is 1. The van der Waals surface area contributed by atoms with E-state index in [1.54, 1.807) is 0 Å². The minimum absolute atomic E-state index is 0.219. The quantitative estimate of drug-likeness (QED) is 0.370. The minimum atomic E-state index is -1.16. The molecule has 0 aromatic heterocycles. The molecule has 5 heteroatoms. The third kappa shape index (κ3) is 4.97. The van der Waals surface area contributed by atoms with E-state index < -0.39 is 11.9 Å². The van der Waals surface area contributed by atoms with Crippen molar-refractivity contribution in [3.05, 3.63) is 12.2 Å². The molecule has 1 aliphatic heterocycles. The molecule has 0 radical (unpaired) electrons. The molecule has 1 aliphatic rings. The van der Waals surface area contributed by atoms with Crippen molar-refractivity contribution in [3.63, 3.8) is 0 Å². The van der Waals surface area contributed by atoms with E-state index in [1.807, 2.05) is 0 Å². The monoisotopic (exact) mass is 186 g/mol. The van der Waals surface area contributed by atoms with Crippen LogP contribution in [-0.4, -0.2) is 36.4 Å². The van der Waals surface area contributed by atoms with Crippen molar-refractivity contribution < 1.29 is 24.2 Å². The Balaban J connectivity index is 2.05. The zero-order chi connectivity index (χ0) is 9.68. The molecule has 0 bridgehead atoms. The van der Waals surface area contributed by atoms with Gasteiger partial charge >= 0.3 is 11.9 Å². The first-order valence-corrected chi connectivity index (χ1v) is 3.88. The summed E-state index contributed by atoms with van der Waals surface area (Å²) in [6.07, 6.45) is 2.52. The topological polar surface area (TPSA) is 76.1 Å². The number of carbonyl (C=O) groups is 2. The summed E-state index contributed by atoms with van der Waals surface area (Å²) in [4.78, 5) is 20.7. The third-order valence-corrected chi connectivity index (χ3v) is 1.45. The van der Waals surface area contributed by atoms with Crippen LogP contribution in [0.3, 0.4) is 0 Å². The smallest absolute Gasteiger partial charge is 0.331 e. The Labute approximate surface area is 74.9 Å². The fourth-order valence-electron chi connectivity index (χ4n) is 0.713. The Morgan fingerprint density at radius 1 is 1.54 bits per heavy atom. The number of carboxylic acid groups (broad SMARTS) is 1. The number of hydrogen-bond acceptors (Lipinski definition) is 4. The standard InChI is InChI=1S/C8H10O5/c9-7(10)1-2-8(11)12-4-3-6-5-13-6/h1-2,6H,3-5H2,(H,9,10)/b2-1-. The van der Waals surface area contributed by atoms with E-state index in [9.17, 15) is 9.59 Å². The summed E-state index contributed by atoms with van der Waals surface area (Å²) >= 11 is 0. The number of aliphatic carboxylic acids is 1. The minimum Gasteiger partial charge on any atom is -0.478 e. The summed E-state index contributed by atoms with van der Waals surface area (Å²) in [5.74, 6) is -1.80. The lowest BCUT2D eigenvalue weighted by molar-refractivity contribution is -0.138. The van der Waals surface area contributed by atoms with Crippen molar-refractivity contribution >= 4 is 11.9 Å². The summed E-state index contributed by atoms with van der Waals surface area (Å²) in [7, 11) is 0. The van der Waals surface area contributed by atoms with Gasteiger partial charge in [0.15, 0.2) is 0 Å². The lowest BCUT2D eigenvalue weighted by Crippen LogP contribution is -2.05. The van der Waals surface area contributed by atoms with Gasteiger partial charge in [0.2, 0.25) is 0 Å². The molecular weight excluding hydrogens is 176 g/mol. The predicted octanol–water partition coefficient (Wildman–Crippen LogP) is -0.0407. The summed E-state index contributed by atoms with van der Waals surface area (Å²) in [5.41, 5.74) is 0. The highest BCUT2D eigenvalue weighted by molar-refractivity contribution is 5.90. The highest BCUT2D eigenvalue weighted by Crippen LogP contribution is 2.12. The number of ether oxygens (including phenoxy) is 2. The van der Waals surface area contributed by atoms with E-state index in [1.165, 1.54) is 0 Å². The van der Waals surface area contributed by atoms with Gasteiger partial charge in [0, 0.05) is 18.6 Å². The second kappa shape index (κ2) is 4.61. The summed E-state index contributed by atoms with van der Waals surface area (Å²) < 4.78 is 9.56. The summed E-state index contributed by atoms with van der Waals surface area (Å²) in [6, 6.07) is 0. The van der Waals surface area contributed by atoms with Crippen LogP contribution in [0.1, 0.15) is 6.42 Å². The molecule has 1 atom stereocenters. The SMILES string of the molecule is O=C(O)/C=C\C(=O)OCCC1CO1. The van der Waals surface area contributed by atoms with Gasteiger partial charge in [-0.1, -0.05) is 0 Å². The van der Waals surface area contributed by atoms with E-state index >= 15 is 0 Å². The average molecular weight is 186 g/mol. The second-order valence-electron chi connectivity index (χ2n) is 2.58. The van der Waals surface area contributed by atoms with E-state index in [4.69, 9.17) is 9.84 Å². The van der Waals surface area contributed by atoms with Crippen LogP contribution in [0.4, 0.5) is 0 Å². The van der Waals surface area contributed by atoms with Crippen LogP contribution in [0.5, 0.6) is 0 Å². The van der Waals surface area contributed by atoms with Gasteiger partial charge in [-0.3, -0.25) is 0 Å². The van der Waals surface area contributed by atoms with Crippen LogP contribution in [0.2, 0.25) is 0 Å². The summed E-state index contributed by atoms with van der Waals surface area (Å²) in [5, 5.41) is 8.17. The molecule has 0 aliphatic carbocycles. The zero-order valence-corrected chi connectivity index (χ0v) is 6.93. The second-order valence-corrected chi connectivity index (χ2v) is 2.58. The lowest BCUT2D eigenvalue weighted by atomic mass is 10.3. The van der Waals surface area contributed by atoms with Crippen molar-refractivity contribution in [2.24, 2.45) is 0 Å². The Morgan fingerprint density at radius 2 is 2.23 bits per heavy atom. The molecule has 1 rings (SSSR count). The van der Waals surface area contributed by atoms with Gasteiger partial charge in [-0.25, -0.2) is 9.59 Å². The molecule has 13 heavy (non-hydrogen) atoms. The van der Waals surface area contributed by atoms with Crippen LogP contribution in [0, 0.1) is 0 Å². The maximum Gasteiger partial charge on any atom is 0.331 e. The lowest BCUT2D eigenvalue weighted by Gasteiger charge is -1.97. The van der Waals surface area contributed by atoms with Crippen LogP contribution in [0.25, 0.3) is 0 Å². The number of carboxylic acids is 1. The number of rotatable bonds is 5. The molecule has 5 nitrogen and oxygen atoms in total. The first kappa shape index (κ1) is 9.73. The van der Waals surface area contributed by atoms with E-state index in [-0.39, 0.29) is 12.7 Å². The van der Waals surface area contributed by atoms with Crippen molar-refractivity contribution in [3.8, 4) is 0 Å². The Hall–Kier alpha value is -1.36. The van der Waals surface area contributed by atoms with Crippen molar-refractivity contribution in [1.29, 1.82) is 0 Å². The first-order valence-electron chi connectivity index (χ1n) is 3.88. The third-order valence-electron chi connectivity index (χ3n) is 1.45. The van der Waals surface area contributed by atoms with E-state index in [0.29, 0.717) is 6.42 Å². The highest BCUT2D eigenvalue weighted by Gasteiger charge is 2.21. The van der Waals surface area contributed by atoms with Crippen molar-refractivity contribution in [2.75, 3.05) is 13.2 Å². The fourth-order valence-corrected chi connectivity index (χ4v) is 0.713. The maximum absolute atomic E-state index is 10.7. The van der Waals surface area contributed by atoms with Crippen LogP contribution in [-0.2, 0) is 19.1 Å². The molecule has 0 aromatic rings. The first-order chi connectivity index (χ1) is 6.18. The van der Waals surface area contributed by atoms with Crippen LogP contribution < -0.4 is 0 Å². The van der Waals surface area contributed by atoms with E-state index in [2.05, 4.69) is 4.74 Å². The molecule has 0 amide bonds. The Kier molecular flexibility index (Phi) is 3.45. The van der Waals surface area contributed by atoms with Gasteiger partial charge in [-0.05, 0) is 0 Å². The van der Waals surface area contributed by atoms with Gasteiger partial charge in [-0.2, -0.15) is 0 Å². The number of epoxide rings is 1. The Morgan fingerprint density at radius 3 is 2.77 bits per heavy atom. The molecular formula is C8H10O5. The Bertz CT molecular complexity index is 229. The summed E-state index contributed by atoms with van der Waals surface area (Å²) in [6.45, 7) is 0.996. The highest BCUT2D eigenvalue weighted by atomic mass is 16.6. The van der Waals surface area contributed by atoms with E-state index in [0.717, 1.165) is 18.8 Å². The molecule has 1 N–H and O–H groups in total. The van der Waals surface area contributed by atoms with Crippen LogP contribution in [0.15, 0.2) is 12.2 Å². The molecule has 1 fully saturated rings. The maximum atomic E-state index is 10.7. The molecule has 0 spiro atoms. The van der Waals surface area contributed by atoms with Gasteiger partial charge in [0.05, 0.1) is 19.3 Å². The molecule has 1 heterocycles. The number of esters is 1. The molecule has 0 aromatic carbocycles. The van der Waals surface area contributed by atoms with Gasteiger partial charge < -0.3 is 14.6 Å². The largest absolute Gasteiger partial charge is 0.478 e. The number of hydrogen-bond donors (Lipinski definition) is 1. The average Bonchev–Trinajstić information content (AvgIpc) is 2.84. The van der Waals surface area contributed by atoms with Crippen molar-refractivity contribution in [2.45, 2.75) is 12.5 Å².